The Labute approximate surface area is 156 Å². The Morgan fingerprint density at radius 3 is 2.65 bits per heavy atom. The molecule has 0 N–H and O–H groups in total. The second-order valence-corrected chi connectivity index (χ2v) is 7.53. The van der Waals surface area contributed by atoms with Crippen LogP contribution >= 0.6 is 0 Å². The van der Waals surface area contributed by atoms with E-state index in [1.165, 1.54) is 0 Å². The third kappa shape index (κ3) is 7.32. The lowest BCUT2D eigenvalue weighted by atomic mass is 10.2. The molecule has 0 bridgehead atoms. The monoisotopic (exact) mass is 365 g/mol. The molecule has 0 aliphatic carbocycles. The molecule has 1 aliphatic heterocycles. The van der Waals surface area contributed by atoms with E-state index < -0.39 is 5.60 Å². The number of amides is 1. The van der Waals surface area contributed by atoms with E-state index in [1.807, 2.05) is 51.1 Å². The smallest absolute Gasteiger partial charge is 0.410 e. The fourth-order valence-electron chi connectivity index (χ4n) is 2.68. The van der Waals surface area contributed by atoms with Crippen molar-refractivity contribution >= 4 is 6.09 Å². The van der Waals surface area contributed by atoms with Gasteiger partial charge in [0.1, 0.15) is 5.60 Å². The zero-order valence-corrected chi connectivity index (χ0v) is 16.3. The molecule has 0 unspecified atom stereocenters. The van der Waals surface area contributed by atoms with Crippen molar-refractivity contribution in [3.05, 3.63) is 35.9 Å². The van der Waals surface area contributed by atoms with Gasteiger partial charge in [-0.1, -0.05) is 30.3 Å². The van der Waals surface area contributed by atoms with Crippen molar-refractivity contribution in [2.24, 2.45) is 0 Å². The fraction of sp³-hybridized carbons (Fsp3) is 0.650. The maximum Gasteiger partial charge on any atom is 0.410 e. The van der Waals surface area contributed by atoms with Gasteiger partial charge in [-0.2, -0.15) is 0 Å². The zero-order chi connectivity index (χ0) is 19.0. The summed E-state index contributed by atoms with van der Waals surface area (Å²) in [5, 5.41) is 0. The quantitative estimate of drug-likeness (QED) is 0.802. The molecule has 1 aromatic rings. The highest BCUT2D eigenvalue weighted by Crippen LogP contribution is 2.15. The van der Waals surface area contributed by atoms with Crippen molar-refractivity contribution < 1.29 is 23.7 Å². The van der Waals surface area contributed by atoms with E-state index in [4.69, 9.17) is 18.9 Å². The Morgan fingerprint density at radius 1 is 1.27 bits per heavy atom. The molecule has 0 saturated carbocycles. The minimum Gasteiger partial charge on any atom is -0.444 e. The summed E-state index contributed by atoms with van der Waals surface area (Å²) in [4.78, 5) is 14.2. The largest absolute Gasteiger partial charge is 0.444 e. The summed E-state index contributed by atoms with van der Waals surface area (Å²) < 4.78 is 22.7. The molecule has 0 radical (unpaired) electrons. The lowest BCUT2D eigenvalue weighted by Gasteiger charge is -2.33. The number of nitrogens with zero attached hydrogens (tertiary/aromatic N) is 1. The standard InChI is InChI=1S/C20H31NO5/c1-20(2,3)26-19(22)21-11-10-17(23-4)15-25-18(12-21)14-24-13-16-8-6-5-7-9-16/h5-9,17-18H,10-15H2,1-4H3/t17-,18-/m0/s1. The zero-order valence-electron chi connectivity index (χ0n) is 16.3. The van der Waals surface area contributed by atoms with Crippen LogP contribution in [0.4, 0.5) is 4.79 Å². The molecule has 26 heavy (non-hydrogen) atoms. The number of hydrogen-bond acceptors (Lipinski definition) is 5. The van der Waals surface area contributed by atoms with E-state index in [1.54, 1.807) is 12.0 Å². The average Bonchev–Trinajstić information content (AvgIpc) is 2.56. The van der Waals surface area contributed by atoms with Crippen molar-refractivity contribution in [3.8, 4) is 0 Å². The van der Waals surface area contributed by atoms with Crippen LogP contribution in [0, 0.1) is 0 Å². The third-order valence-electron chi connectivity index (χ3n) is 4.06. The molecule has 1 heterocycles. The van der Waals surface area contributed by atoms with Crippen LogP contribution in [0.2, 0.25) is 0 Å². The van der Waals surface area contributed by atoms with Gasteiger partial charge in [0.25, 0.3) is 0 Å². The Hall–Kier alpha value is -1.63. The summed E-state index contributed by atoms with van der Waals surface area (Å²) in [6, 6.07) is 9.99. The molecule has 1 saturated heterocycles. The summed E-state index contributed by atoms with van der Waals surface area (Å²) >= 11 is 0. The molecular weight excluding hydrogens is 334 g/mol. The highest BCUT2D eigenvalue weighted by atomic mass is 16.6. The molecule has 0 aromatic heterocycles. The Kier molecular flexibility index (Phi) is 7.87. The molecule has 1 fully saturated rings. The number of benzene rings is 1. The van der Waals surface area contributed by atoms with Gasteiger partial charge in [0.15, 0.2) is 0 Å². The van der Waals surface area contributed by atoms with Gasteiger partial charge in [-0.3, -0.25) is 0 Å². The fourth-order valence-corrected chi connectivity index (χ4v) is 2.68. The molecule has 1 amide bonds. The highest BCUT2D eigenvalue weighted by molar-refractivity contribution is 5.68. The van der Waals surface area contributed by atoms with Crippen LogP contribution in [0.1, 0.15) is 32.8 Å². The first-order valence-corrected chi connectivity index (χ1v) is 9.11. The topological polar surface area (TPSA) is 57.2 Å². The van der Waals surface area contributed by atoms with Crippen molar-refractivity contribution in [2.75, 3.05) is 33.4 Å². The van der Waals surface area contributed by atoms with E-state index in [0.29, 0.717) is 39.3 Å². The molecular formula is C20H31NO5. The van der Waals surface area contributed by atoms with Gasteiger partial charge in [-0.05, 0) is 32.8 Å². The summed E-state index contributed by atoms with van der Waals surface area (Å²) in [6.07, 6.45) is 0.125. The predicted molar refractivity (Wildman–Crippen MR) is 99.1 cm³/mol. The van der Waals surface area contributed by atoms with Crippen LogP contribution in [-0.2, 0) is 25.6 Å². The molecule has 146 valence electrons. The number of rotatable bonds is 5. The molecule has 6 nitrogen and oxygen atoms in total. The summed E-state index contributed by atoms with van der Waals surface area (Å²) in [5.41, 5.74) is 0.581. The Bertz CT molecular complexity index is 543. The first-order valence-electron chi connectivity index (χ1n) is 9.11. The second-order valence-electron chi connectivity index (χ2n) is 7.53. The van der Waals surface area contributed by atoms with Crippen LogP contribution in [0.3, 0.4) is 0 Å². The van der Waals surface area contributed by atoms with Crippen LogP contribution in [0.5, 0.6) is 0 Å². The summed E-state index contributed by atoms with van der Waals surface area (Å²) in [5.74, 6) is 0. The predicted octanol–water partition coefficient (Wildman–Crippen LogP) is 3.24. The van der Waals surface area contributed by atoms with Crippen molar-refractivity contribution in [1.29, 1.82) is 0 Å². The summed E-state index contributed by atoms with van der Waals surface area (Å²) in [7, 11) is 1.66. The number of carbonyl (C=O) groups is 1. The first kappa shape index (κ1) is 20.7. The summed E-state index contributed by atoms with van der Waals surface area (Å²) in [6.45, 7) is 8.03. The van der Waals surface area contributed by atoms with Gasteiger partial charge in [-0.25, -0.2) is 4.79 Å². The van der Waals surface area contributed by atoms with E-state index in [-0.39, 0.29) is 18.3 Å². The Morgan fingerprint density at radius 2 is 2.00 bits per heavy atom. The molecule has 1 aliphatic rings. The van der Waals surface area contributed by atoms with E-state index >= 15 is 0 Å². The lowest BCUT2D eigenvalue weighted by molar-refractivity contribution is -0.0882. The maximum atomic E-state index is 12.5. The number of carbonyl (C=O) groups excluding carboxylic acids is 1. The molecule has 1 aromatic carbocycles. The molecule has 6 heteroatoms. The van der Waals surface area contributed by atoms with Crippen molar-refractivity contribution in [1.82, 2.24) is 4.90 Å². The number of ether oxygens (including phenoxy) is 4. The van der Waals surface area contributed by atoms with Gasteiger partial charge >= 0.3 is 6.09 Å². The Balaban J connectivity index is 1.93. The normalized spacial score (nSPS) is 21.8. The van der Waals surface area contributed by atoms with E-state index in [0.717, 1.165) is 5.56 Å². The minimum atomic E-state index is -0.528. The first-order chi connectivity index (χ1) is 12.4. The van der Waals surface area contributed by atoms with Crippen molar-refractivity contribution in [2.45, 2.75) is 51.6 Å². The van der Waals surface area contributed by atoms with Crippen LogP contribution in [0.25, 0.3) is 0 Å². The van der Waals surface area contributed by atoms with Crippen LogP contribution in [-0.4, -0.2) is 62.2 Å². The number of methoxy groups -OCH3 is 1. The second kappa shape index (κ2) is 9.90. The number of hydrogen-bond donors (Lipinski definition) is 0. The molecule has 2 atom stereocenters. The maximum absolute atomic E-state index is 12.5. The van der Waals surface area contributed by atoms with Gasteiger partial charge in [-0.15, -0.1) is 0 Å². The van der Waals surface area contributed by atoms with Gasteiger partial charge in [0.05, 0.1) is 38.6 Å². The SMILES string of the molecule is CO[C@H]1CCN(C(=O)OC(C)(C)C)C[C@@H](COCc2ccccc2)OC1. The average molecular weight is 365 g/mol. The third-order valence-corrected chi connectivity index (χ3v) is 4.06. The van der Waals surface area contributed by atoms with E-state index in [2.05, 4.69) is 0 Å². The van der Waals surface area contributed by atoms with Crippen LogP contribution < -0.4 is 0 Å². The molecule has 2 rings (SSSR count). The lowest BCUT2D eigenvalue weighted by Crippen LogP contribution is -2.47. The molecule has 0 spiro atoms. The van der Waals surface area contributed by atoms with Gasteiger partial charge in [0, 0.05) is 13.7 Å². The highest BCUT2D eigenvalue weighted by Gasteiger charge is 2.28. The van der Waals surface area contributed by atoms with Crippen LogP contribution in [0.15, 0.2) is 30.3 Å². The van der Waals surface area contributed by atoms with Gasteiger partial charge < -0.3 is 23.8 Å². The van der Waals surface area contributed by atoms with Crippen molar-refractivity contribution in [3.63, 3.8) is 0 Å². The minimum absolute atomic E-state index is 0.0446. The van der Waals surface area contributed by atoms with Gasteiger partial charge in [0.2, 0.25) is 0 Å². The van der Waals surface area contributed by atoms with E-state index in [9.17, 15) is 4.79 Å².